The first-order valence-corrected chi connectivity index (χ1v) is 10.0. The Morgan fingerprint density at radius 2 is 2.11 bits per heavy atom. The van der Waals surface area contributed by atoms with Gasteiger partial charge in [0.25, 0.3) is 0 Å². The summed E-state index contributed by atoms with van der Waals surface area (Å²) in [5.74, 6) is 2.37. The van der Waals surface area contributed by atoms with Crippen molar-refractivity contribution in [1.82, 2.24) is 10.6 Å². The highest BCUT2D eigenvalue weighted by Gasteiger charge is 2.15. The highest BCUT2D eigenvalue weighted by molar-refractivity contribution is 5.79. The molecule has 1 heterocycles. The summed E-state index contributed by atoms with van der Waals surface area (Å²) in [7, 11) is 1.78. The van der Waals surface area contributed by atoms with Crippen LogP contribution >= 0.6 is 0 Å². The Labute approximate surface area is 163 Å². The van der Waals surface area contributed by atoms with E-state index in [0.717, 1.165) is 69.5 Å². The molecule has 1 saturated heterocycles. The molecule has 27 heavy (non-hydrogen) atoms. The minimum absolute atomic E-state index is 0.273. The number of guanidine groups is 1. The third kappa shape index (κ3) is 8.63. The molecule has 6 nitrogen and oxygen atoms in total. The van der Waals surface area contributed by atoms with Gasteiger partial charge in [-0.1, -0.05) is 32.0 Å². The van der Waals surface area contributed by atoms with Gasteiger partial charge in [-0.3, -0.25) is 4.99 Å². The first-order chi connectivity index (χ1) is 13.2. The number of nitrogens with one attached hydrogen (secondary N) is 2. The molecule has 2 rings (SSSR count). The summed E-state index contributed by atoms with van der Waals surface area (Å²) >= 11 is 0. The number of aliphatic imine (C=N–C) groups is 1. The molecule has 1 unspecified atom stereocenters. The second-order valence-electron chi connectivity index (χ2n) is 7.20. The van der Waals surface area contributed by atoms with E-state index in [1.54, 1.807) is 7.05 Å². The van der Waals surface area contributed by atoms with Gasteiger partial charge in [0, 0.05) is 38.9 Å². The minimum Gasteiger partial charge on any atom is -0.493 e. The van der Waals surface area contributed by atoms with Crippen LogP contribution in [-0.4, -0.2) is 52.1 Å². The molecule has 0 aromatic heterocycles. The van der Waals surface area contributed by atoms with Crippen molar-refractivity contribution in [1.29, 1.82) is 0 Å². The Morgan fingerprint density at radius 3 is 2.85 bits per heavy atom. The zero-order valence-corrected chi connectivity index (χ0v) is 17.0. The van der Waals surface area contributed by atoms with E-state index < -0.39 is 0 Å². The van der Waals surface area contributed by atoms with E-state index in [1.165, 1.54) is 0 Å². The summed E-state index contributed by atoms with van der Waals surface area (Å²) < 4.78 is 17.0. The molecule has 1 fully saturated rings. The molecule has 0 radical (unpaired) electrons. The maximum absolute atomic E-state index is 5.95. The lowest BCUT2D eigenvalue weighted by atomic mass is 10.1. The largest absolute Gasteiger partial charge is 0.493 e. The summed E-state index contributed by atoms with van der Waals surface area (Å²) in [5.41, 5.74) is 1.13. The van der Waals surface area contributed by atoms with Crippen molar-refractivity contribution in [3.05, 3.63) is 29.8 Å². The molecule has 0 bridgehead atoms. The topological polar surface area (TPSA) is 64.1 Å². The molecule has 2 N–H and O–H groups in total. The Morgan fingerprint density at radius 1 is 1.26 bits per heavy atom. The molecular weight excluding hydrogens is 342 g/mol. The fraction of sp³-hybridized carbons (Fsp3) is 0.667. The molecule has 1 aliphatic rings. The molecule has 0 amide bonds. The molecule has 1 aromatic carbocycles. The van der Waals surface area contributed by atoms with Crippen LogP contribution in [0.2, 0.25) is 0 Å². The van der Waals surface area contributed by atoms with Gasteiger partial charge in [0.05, 0.1) is 19.3 Å². The van der Waals surface area contributed by atoms with Crippen LogP contribution < -0.4 is 15.4 Å². The van der Waals surface area contributed by atoms with Crippen LogP contribution in [0.25, 0.3) is 0 Å². The monoisotopic (exact) mass is 377 g/mol. The smallest absolute Gasteiger partial charge is 0.191 e. The number of para-hydroxylation sites is 1. The second kappa shape index (κ2) is 12.6. The Kier molecular flexibility index (Phi) is 10.0. The number of ether oxygens (including phenoxy) is 3. The molecule has 1 aromatic rings. The molecule has 152 valence electrons. The van der Waals surface area contributed by atoms with Crippen LogP contribution in [0.1, 0.15) is 38.7 Å². The zero-order chi connectivity index (χ0) is 19.3. The maximum Gasteiger partial charge on any atom is 0.191 e. The molecular formula is C21H35N3O3. The fourth-order valence-corrected chi connectivity index (χ4v) is 2.77. The van der Waals surface area contributed by atoms with E-state index in [1.807, 2.05) is 18.2 Å². The predicted octanol–water partition coefficient (Wildman–Crippen LogP) is 2.97. The van der Waals surface area contributed by atoms with Gasteiger partial charge in [0.15, 0.2) is 5.96 Å². The molecule has 0 spiro atoms. The second-order valence-corrected chi connectivity index (χ2v) is 7.20. The highest BCUT2D eigenvalue weighted by atomic mass is 16.5. The number of benzene rings is 1. The summed E-state index contributed by atoms with van der Waals surface area (Å²) in [6.45, 7) is 8.95. The van der Waals surface area contributed by atoms with Crippen molar-refractivity contribution in [2.24, 2.45) is 10.9 Å². The molecule has 0 saturated carbocycles. The predicted molar refractivity (Wildman–Crippen MR) is 109 cm³/mol. The van der Waals surface area contributed by atoms with E-state index in [-0.39, 0.29) is 6.10 Å². The summed E-state index contributed by atoms with van der Waals surface area (Å²) in [6.07, 6.45) is 3.27. The van der Waals surface area contributed by atoms with Gasteiger partial charge in [-0.15, -0.1) is 0 Å². The van der Waals surface area contributed by atoms with Crippen molar-refractivity contribution in [2.45, 2.75) is 45.8 Å². The standard InChI is InChI=1S/C21H35N3O3/c1-17(2)9-14-27-20-8-5-4-7-18(20)15-24-21(22-3)23-11-6-12-26-19-10-13-25-16-19/h4-5,7-8,17,19H,6,9-16H2,1-3H3,(H2,22,23,24). The van der Waals surface area contributed by atoms with Crippen molar-refractivity contribution >= 4 is 5.96 Å². The van der Waals surface area contributed by atoms with E-state index in [0.29, 0.717) is 12.5 Å². The lowest BCUT2D eigenvalue weighted by Gasteiger charge is -2.15. The van der Waals surface area contributed by atoms with Crippen LogP contribution in [0.5, 0.6) is 5.75 Å². The Bertz CT molecular complexity index is 557. The molecule has 1 atom stereocenters. The van der Waals surface area contributed by atoms with Crippen LogP contribution in [0.15, 0.2) is 29.3 Å². The van der Waals surface area contributed by atoms with E-state index in [2.05, 4.69) is 35.5 Å². The quantitative estimate of drug-likeness (QED) is 0.353. The summed E-state index contributed by atoms with van der Waals surface area (Å²) in [6, 6.07) is 8.16. The van der Waals surface area contributed by atoms with Gasteiger partial charge < -0.3 is 24.8 Å². The fourth-order valence-electron chi connectivity index (χ4n) is 2.77. The van der Waals surface area contributed by atoms with Gasteiger partial charge in [-0.25, -0.2) is 0 Å². The van der Waals surface area contributed by atoms with Gasteiger partial charge in [-0.05, 0) is 31.2 Å². The van der Waals surface area contributed by atoms with Crippen LogP contribution in [0.4, 0.5) is 0 Å². The lowest BCUT2D eigenvalue weighted by Crippen LogP contribution is -2.37. The third-order valence-electron chi connectivity index (χ3n) is 4.45. The van der Waals surface area contributed by atoms with E-state index in [4.69, 9.17) is 14.2 Å². The first-order valence-electron chi connectivity index (χ1n) is 10.0. The van der Waals surface area contributed by atoms with Gasteiger partial charge in [0.2, 0.25) is 0 Å². The molecule has 0 aliphatic carbocycles. The number of hydrogen-bond acceptors (Lipinski definition) is 4. The third-order valence-corrected chi connectivity index (χ3v) is 4.45. The average Bonchev–Trinajstić information content (AvgIpc) is 3.18. The van der Waals surface area contributed by atoms with E-state index in [9.17, 15) is 0 Å². The highest BCUT2D eigenvalue weighted by Crippen LogP contribution is 2.18. The Balaban J connectivity index is 1.67. The number of nitrogens with zero attached hydrogens (tertiary/aromatic N) is 1. The minimum atomic E-state index is 0.273. The number of hydrogen-bond donors (Lipinski definition) is 2. The van der Waals surface area contributed by atoms with Crippen LogP contribution in [0.3, 0.4) is 0 Å². The SMILES string of the molecule is CN=C(NCCCOC1CCOC1)NCc1ccccc1OCCC(C)C. The lowest BCUT2D eigenvalue weighted by molar-refractivity contribution is 0.0420. The average molecular weight is 378 g/mol. The normalized spacial score (nSPS) is 17.3. The van der Waals surface area contributed by atoms with Gasteiger partial charge in [0.1, 0.15) is 5.75 Å². The van der Waals surface area contributed by atoms with Gasteiger partial charge in [-0.2, -0.15) is 0 Å². The molecule has 1 aliphatic heterocycles. The van der Waals surface area contributed by atoms with Crippen molar-refractivity contribution in [2.75, 3.05) is 40.0 Å². The van der Waals surface area contributed by atoms with Crippen molar-refractivity contribution in [3.63, 3.8) is 0 Å². The molecule has 6 heteroatoms. The van der Waals surface area contributed by atoms with Crippen molar-refractivity contribution in [3.8, 4) is 5.75 Å². The van der Waals surface area contributed by atoms with Gasteiger partial charge >= 0.3 is 0 Å². The van der Waals surface area contributed by atoms with Crippen LogP contribution in [-0.2, 0) is 16.0 Å². The maximum atomic E-state index is 5.95. The zero-order valence-electron chi connectivity index (χ0n) is 17.0. The van der Waals surface area contributed by atoms with Crippen LogP contribution in [0, 0.1) is 5.92 Å². The van der Waals surface area contributed by atoms with E-state index >= 15 is 0 Å². The number of rotatable bonds is 11. The Hall–Kier alpha value is -1.79. The van der Waals surface area contributed by atoms with Crippen molar-refractivity contribution < 1.29 is 14.2 Å². The summed E-state index contributed by atoms with van der Waals surface area (Å²) in [5, 5.41) is 6.68. The first kappa shape index (κ1) is 21.5. The summed E-state index contributed by atoms with van der Waals surface area (Å²) in [4.78, 5) is 4.29.